The minimum absolute atomic E-state index is 0.404. The molecular weight excluding hydrogens is 214 g/mol. The van der Waals surface area contributed by atoms with Gasteiger partial charge in [0.1, 0.15) is 0 Å². The Hall–Kier alpha value is -2.23. The SMILES string of the molecule is Cc1ccc2c(c1)cc(-c1cc(N)no1)n2C. The van der Waals surface area contributed by atoms with Gasteiger partial charge in [0.05, 0.1) is 5.69 Å². The Kier molecular flexibility index (Phi) is 1.98. The van der Waals surface area contributed by atoms with Crippen LogP contribution >= 0.6 is 0 Å². The third kappa shape index (κ3) is 1.49. The van der Waals surface area contributed by atoms with E-state index in [0.717, 1.165) is 5.69 Å². The van der Waals surface area contributed by atoms with Crippen molar-refractivity contribution in [3.05, 3.63) is 35.9 Å². The number of nitrogen functional groups attached to an aromatic ring is 1. The van der Waals surface area contributed by atoms with Gasteiger partial charge in [-0.05, 0) is 25.1 Å². The number of aryl methyl sites for hydroxylation is 2. The minimum Gasteiger partial charge on any atom is -0.381 e. The Bertz CT molecular complexity index is 694. The van der Waals surface area contributed by atoms with Crippen LogP contribution in [0.15, 0.2) is 34.9 Å². The van der Waals surface area contributed by atoms with E-state index in [1.807, 2.05) is 7.05 Å². The first-order valence-corrected chi connectivity index (χ1v) is 5.44. The van der Waals surface area contributed by atoms with Gasteiger partial charge in [-0.3, -0.25) is 0 Å². The van der Waals surface area contributed by atoms with Crippen LogP contribution in [0, 0.1) is 6.92 Å². The zero-order chi connectivity index (χ0) is 12.0. The molecule has 0 fully saturated rings. The number of benzene rings is 1. The molecule has 0 unspecified atom stereocenters. The number of anilines is 1. The molecule has 0 amide bonds. The van der Waals surface area contributed by atoms with Gasteiger partial charge in [-0.1, -0.05) is 16.8 Å². The zero-order valence-electron chi connectivity index (χ0n) is 9.77. The highest BCUT2D eigenvalue weighted by atomic mass is 16.5. The van der Waals surface area contributed by atoms with Crippen LogP contribution in [-0.4, -0.2) is 9.72 Å². The lowest BCUT2D eigenvalue weighted by Gasteiger charge is -2.00. The molecule has 2 heterocycles. The molecule has 1 aromatic carbocycles. The fourth-order valence-electron chi connectivity index (χ4n) is 2.11. The highest BCUT2D eigenvalue weighted by Crippen LogP contribution is 2.28. The maximum absolute atomic E-state index is 5.57. The van der Waals surface area contributed by atoms with E-state index in [9.17, 15) is 0 Å². The maximum atomic E-state index is 5.57. The predicted octanol–water partition coefficient (Wildman–Crippen LogP) is 2.72. The molecule has 0 aliphatic heterocycles. The van der Waals surface area contributed by atoms with Gasteiger partial charge >= 0.3 is 0 Å². The van der Waals surface area contributed by atoms with E-state index in [2.05, 4.69) is 40.9 Å². The van der Waals surface area contributed by atoms with Crippen LogP contribution in [0.5, 0.6) is 0 Å². The smallest absolute Gasteiger partial charge is 0.185 e. The molecule has 86 valence electrons. The van der Waals surface area contributed by atoms with E-state index in [0.29, 0.717) is 11.6 Å². The Morgan fingerprint density at radius 3 is 2.76 bits per heavy atom. The normalized spacial score (nSPS) is 11.2. The van der Waals surface area contributed by atoms with Crippen LogP contribution in [0.3, 0.4) is 0 Å². The van der Waals surface area contributed by atoms with Gasteiger partial charge in [0, 0.05) is 24.0 Å². The molecule has 0 saturated heterocycles. The minimum atomic E-state index is 0.404. The highest BCUT2D eigenvalue weighted by molar-refractivity contribution is 5.86. The van der Waals surface area contributed by atoms with Gasteiger partial charge < -0.3 is 14.8 Å². The Morgan fingerprint density at radius 2 is 2.06 bits per heavy atom. The summed E-state index contributed by atoms with van der Waals surface area (Å²) in [4.78, 5) is 0. The number of hydrogen-bond acceptors (Lipinski definition) is 3. The van der Waals surface area contributed by atoms with Crippen molar-refractivity contribution in [2.75, 3.05) is 5.73 Å². The number of nitrogens with two attached hydrogens (primary N) is 1. The summed E-state index contributed by atoms with van der Waals surface area (Å²) in [7, 11) is 2.01. The summed E-state index contributed by atoms with van der Waals surface area (Å²) in [5.74, 6) is 1.10. The first-order chi connectivity index (χ1) is 8.15. The fraction of sp³-hybridized carbons (Fsp3) is 0.154. The lowest BCUT2D eigenvalue weighted by Crippen LogP contribution is -1.89. The lowest BCUT2D eigenvalue weighted by molar-refractivity contribution is 0.433. The summed E-state index contributed by atoms with van der Waals surface area (Å²) in [6.07, 6.45) is 0. The lowest BCUT2D eigenvalue weighted by atomic mass is 10.2. The predicted molar refractivity (Wildman–Crippen MR) is 67.6 cm³/mol. The fourth-order valence-corrected chi connectivity index (χ4v) is 2.11. The third-order valence-electron chi connectivity index (χ3n) is 2.98. The van der Waals surface area contributed by atoms with Gasteiger partial charge in [0.25, 0.3) is 0 Å². The molecule has 3 aromatic rings. The van der Waals surface area contributed by atoms with Crippen molar-refractivity contribution in [2.45, 2.75) is 6.92 Å². The quantitative estimate of drug-likeness (QED) is 0.695. The summed E-state index contributed by atoms with van der Waals surface area (Å²) >= 11 is 0. The molecule has 0 aliphatic rings. The summed E-state index contributed by atoms with van der Waals surface area (Å²) in [6, 6.07) is 10.2. The average Bonchev–Trinajstić information content (AvgIpc) is 2.83. The van der Waals surface area contributed by atoms with Gasteiger partial charge in [-0.2, -0.15) is 0 Å². The summed E-state index contributed by atoms with van der Waals surface area (Å²) in [5, 5.41) is 4.90. The van der Waals surface area contributed by atoms with Crippen molar-refractivity contribution in [2.24, 2.45) is 7.05 Å². The standard InChI is InChI=1S/C13H13N3O/c1-8-3-4-10-9(5-8)6-11(16(10)2)12-7-13(14)15-17-12/h3-7H,1-2H3,(H2,14,15). The van der Waals surface area contributed by atoms with Gasteiger partial charge in [-0.25, -0.2) is 0 Å². The van der Waals surface area contributed by atoms with E-state index in [4.69, 9.17) is 10.3 Å². The van der Waals surface area contributed by atoms with Gasteiger partial charge in [0.2, 0.25) is 0 Å². The van der Waals surface area contributed by atoms with Crippen LogP contribution < -0.4 is 5.73 Å². The van der Waals surface area contributed by atoms with E-state index in [1.165, 1.54) is 16.5 Å². The first-order valence-electron chi connectivity index (χ1n) is 5.44. The van der Waals surface area contributed by atoms with Crippen LogP contribution in [0.4, 0.5) is 5.82 Å². The molecule has 2 N–H and O–H groups in total. The zero-order valence-corrected chi connectivity index (χ0v) is 9.77. The average molecular weight is 227 g/mol. The molecule has 4 heteroatoms. The van der Waals surface area contributed by atoms with Gasteiger partial charge in [-0.15, -0.1) is 0 Å². The molecule has 0 radical (unpaired) electrons. The van der Waals surface area contributed by atoms with Crippen LogP contribution in [0.2, 0.25) is 0 Å². The molecule has 2 aromatic heterocycles. The maximum Gasteiger partial charge on any atom is 0.185 e. The van der Waals surface area contributed by atoms with Crippen LogP contribution in [0.1, 0.15) is 5.56 Å². The molecule has 0 aliphatic carbocycles. The molecule has 4 nitrogen and oxygen atoms in total. The molecule has 0 bridgehead atoms. The molecular formula is C13H13N3O. The van der Waals surface area contributed by atoms with E-state index in [-0.39, 0.29) is 0 Å². The number of nitrogens with zero attached hydrogens (tertiary/aromatic N) is 2. The van der Waals surface area contributed by atoms with Gasteiger partial charge in [0.15, 0.2) is 11.6 Å². The summed E-state index contributed by atoms with van der Waals surface area (Å²) in [5.41, 5.74) is 8.96. The van der Waals surface area contributed by atoms with Crippen LogP contribution in [0.25, 0.3) is 22.4 Å². The Balaban J connectivity index is 2.27. The second-order valence-electron chi connectivity index (χ2n) is 4.27. The molecule has 17 heavy (non-hydrogen) atoms. The molecule has 0 spiro atoms. The van der Waals surface area contributed by atoms with E-state index >= 15 is 0 Å². The number of hydrogen-bond donors (Lipinski definition) is 1. The highest BCUT2D eigenvalue weighted by Gasteiger charge is 2.11. The Morgan fingerprint density at radius 1 is 1.24 bits per heavy atom. The van der Waals surface area contributed by atoms with Crippen LogP contribution in [-0.2, 0) is 7.05 Å². The molecule has 3 rings (SSSR count). The van der Waals surface area contributed by atoms with Crippen molar-refractivity contribution < 1.29 is 4.52 Å². The Labute approximate surface area is 98.6 Å². The second-order valence-corrected chi connectivity index (χ2v) is 4.27. The largest absolute Gasteiger partial charge is 0.381 e. The van der Waals surface area contributed by atoms with Crippen molar-refractivity contribution in [1.82, 2.24) is 9.72 Å². The van der Waals surface area contributed by atoms with Crippen molar-refractivity contribution >= 4 is 16.7 Å². The summed E-state index contributed by atoms with van der Waals surface area (Å²) < 4.78 is 7.27. The van der Waals surface area contributed by atoms with E-state index < -0.39 is 0 Å². The molecule has 0 atom stereocenters. The first kappa shape index (κ1) is 9.96. The number of fused-ring (bicyclic) bond motifs is 1. The summed E-state index contributed by atoms with van der Waals surface area (Å²) in [6.45, 7) is 2.08. The monoisotopic (exact) mass is 227 g/mol. The molecule has 0 saturated carbocycles. The van der Waals surface area contributed by atoms with Crippen molar-refractivity contribution in [3.63, 3.8) is 0 Å². The second kappa shape index (κ2) is 3.38. The van der Waals surface area contributed by atoms with E-state index in [1.54, 1.807) is 6.07 Å². The third-order valence-corrected chi connectivity index (χ3v) is 2.98. The number of rotatable bonds is 1. The number of aromatic nitrogens is 2. The van der Waals surface area contributed by atoms with Crippen molar-refractivity contribution in [1.29, 1.82) is 0 Å². The topological polar surface area (TPSA) is 57.0 Å². The van der Waals surface area contributed by atoms with Crippen molar-refractivity contribution in [3.8, 4) is 11.5 Å².